The number of halogens is 3. The number of nitrogens with zero attached hydrogens (tertiary/aromatic N) is 1. The van der Waals surface area contributed by atoms with Crippen molar-refractivity contribution in [2.45, 2.75) is 45.3 Å². The van der Waals surface area contributed by atoms with Gasteiger partial charge in [0.2, 0.25) is 0 Å². The van der Waals surface area contributed by atoms with E-state index in [4.69, 9.17) is 4.74 Å². The first-order chi connectivity index (χ1) is 10.4. The summed E-state index contributed by atoms with van der Waals surface area (Å²) in [4.78, 5) is 4.33. The minimum atomic E-state index is -4.27. The summed E-state index contributed by atoms with van der Waals surface area (Å²) in [6.45, 7) is 3.87. The summed E-state index contributed by atoms with van der Waals surface area (Å²) in [6.07, 6.45) is -3.65. The quantitative estimate of drug-likeness (QED) is 0.541. The molecule has 0 aliphatic heterocycles. The number of rotatable bonds is 6. The number of hydrogen-bond acceptors (Lipinski definition) is 2. The van der Waals surface area contributed by atoms with Gasteiger partial charge in [-0.05, 0) is 37.8 Å². The van der Waals surface area contributed by atoms with E-state index in [0.29, 0.717) is 18.1 Å². The largest absolute Gasteiger partial charge is 0.496 e. The molecule has 1 fully saturated rings. The molecule has 0 spiro atoms. The Morgan fingerprint density at radius 1 is 1.23 bits per heavy atom. The number of hydrogen-bond donors (Lipinski definition) is 0. The Morgan fingerprint density at radius 2 is 1.86 bits per heavy atom. The second kappa shape index (κ2) is 6.99. The second-order valence-corrected chi connectivity index (χ2v) is 5.32. The highest BCUT2D eigenvalue weighted by Gasteiger charge is 2.36. The van der Waals surface area contributed by atoms with Crippen molar-refractivity contribution in [2.24, 2.45) is 4.99 Å². The molecule has 1 aliphatic rings. The third kappa shape index (κ3) is 4.90. The van der Waals surface area contributed by atoms with Crippen LogP contribution in [0.2, 0.25) is 0 Å². The van der Waals surface area contributed by atoms with Crippen molar-refractivity contribution in [3.63, 3.8) is 0 Å². The number of alkyl halides is 3. The average Bonchev–Trinajstić information content (AvgIpc) is 3.28. The molecule has 0 saturated heterocycles. The smallest absolute Gasteiger partial charge is 0.391 e. The Morgan fingerprint density at radius 3 is 2.36 bits per heavy atom. The maximum Gasteiger partial charge on any atom is 0.391 e. The van der Waals surface area contributed by atoms with Crippen molar-refractivity contribution >= 4 is 5.71 Å². The lowest BCUT2D eigenvalue weighted by Crippen LogP contribution is -2.23. The summed E-state index contributed by atoms with van der Waals surface area (Å²) in [5, 5.41) is 0. The average molecular weight is 311 g/mol. The highest BCUT2D eigenvalue weighted by molar-refractivity contribution is 5.98. The third-order valence-electron chi connectivity index (χ3n) is 3.42. The molecule has 2 nitrogen and oxygen atoms in total. The first-order valence-electron chi connectivity index (χ1n) is 7.42. The molecule has 0 N–H and O–H groups in total. The van der Waals surface area contributed by atoms with Gasteiger partial charge in [0.05, 0.1) is 13.0 Å². The van der Waals surface area contributed by atoms with E-state index in [-0.39, 0.29) is 0 Å². The molecule has 1 unspecified atom stereocenters. The van der Waals surface area contributed by atoms with Crippen molar-refractivity contribution in [1.82, 2.24) is 0 Å². The number of benzene rings is 1. The van der Waals surface area contributed by atoms with Crippen LogP contribution in [-0.2, 0) is 4.74 Å². The van der Waals surface area contributed by atoms with Gasteiger partial charge >= 0.3 is 6.18 Å². The minimum Gasteiger partial charge on any atom is -0.496 e. The highest BCUT2D eigenvalue weighted by atomic mass is 19.4. The van der Waals surface area contributed by atoms with Crippen LogP contribution in [0.1, 0.15) is 38.7 Å². The van der Waals surface area contributed by atoms with Gasteiger partial charge in [-0.15, -0.1) is 0 Å². The van der Waals surface area contributed by atoms with E-state index in [9.17, 15) is 13.2 Å². The number of aliphatic imine (C=N–C) groups is 1. The Balaban J connectivity index is 2.30. The van der Waals surface area contributed by atoms with E-state index in [1.165, 1.54) is 0 Å². The third-order valence-corrected chi connectivity index (χ3v) is 3.42. The van der Waals surface area contributed by atoms with E-state index in [2.05, 4.69) is 4.99 Å². The van der Waals surface area contributed by atoms with Crippen molar-refractivity contribution in [1.29, 1.82) is 0 Å². The summed E-state index contributed by atoms with van der Waals surface area (Å²) in [6, 6.07) is 8.24. The molecule has 0 heterocycles. The fourth-order valence-electron chi connectivity index (χ4n) is 2.30. The zero-order valence-electron chi connectivity index (χ0n) is 12.8. The van der Waals surface area contributed by atoms with Crippen LogP contribution in [-0.4, -0.2) is 24.5 Å². The standard InChI is InChI=1S/C17H20F3NO/c1-3-22-16(14-9-10-14)15(11-17(18,19)20)21-12(2)13-7-5-4-6-8-13/h4-8,15H,3,9-11H2,1-2H3/b21-12-. The maximum absolute atomic E-state index is 12.9. The van der Waals surface area contributed by atoms with Crippen LogP contribution in [0.15, 0.2) is 46.7 Å². The van der Waals surface area contributed by atoms with E-state index < -0.39 is 18.6 Å². The highest BCUT2D eigenvalue weighted by Crippen LogP contribution is 2.37. The van der Waals surface area contributed by atoms with E-state index in [1.807, 2.05) is 30.3 Å². The van der Waals surface area contributed by atoms with Crippen molar-refractivity contribution < 1.29 is 17.9 Å². The molecular formula is C17H20F3NO. The lowest BCUT2D eigenvalue weighted by atomic mass is 10.1. The van der Waals surface area contributed by atoms with Gasteiger partial charge in [0.25, 0.3) is 0 Å². The molecule has 1 atom stereocenters. The molecule has 0 amide bonds. The van der Waals surface area contributed by atoms with Crippen LogP contribution >= 0.6 is 0 Å². The van der Waals surface area contributed by atoms with E-state index in [0.717, 1.165) is 24.0 Å². The summed E-state index contributed by atoms with van der Waals surface area (Å²) in [7, 11) is 0. The Bertz CT molecular complexity index is 555. The monoisotopic (exact) mass is 311 g/mol. The molecule has 0 radical (unpaired) electrons. The molecule has 1 saturated carbocycles. The van der Waals surface area contributed by atoms with Crippen molar-refractivity contribution in [3.8, 4) is 0 Å². The van der Waals surface area contributed by atoms with Gasteiger partial charge in [-0.25, -0.2) is 0 Å². The Hall–Kier alpha value is -1.78. The van der Waals surface area contributed by atoms with Crippen LogP contribution < -0.4 is 0 Å². The van der Waals surface area contributed by atoms with Crippen LogP contribution in [0.4, 0.5) is 13.2 Å². The summed E-state index contributed by atoms with van der Waals surface area (Å²) < 4.78 is 44.2. The molecule has 120 valence electrons. The van der Waals surface area contributed by atoms with Crippen LogP contribution in [0.3, 0.4) is 0 Å². The van der Waals surface area contributed by atoms with Gasteiger partial charge in [0.1, 0.15) is 11.8 Å². The minimum absolute atomic E-state index is 0.354. The Labute approximate surface area is 128 Å². The molecule has 0 aromatic heterocycles. The van der Waals surface area contributed by atoms with Gasteiger partial charge < -0.3 is 4.74 Å². The van der Waals surface area contributed by atoms with E-state index in [1.54, 1.807) is 13.8 Å². The van der Waals surface area contributed by atoms with Crippen molar-refractivity contribution in [2.75, 3.05) is 6.61 Å². The molecule has 1 aromatic carbocycles. The zero-order chi connectivity index (χ0) is 16.2. The molecule has 1 aromatic rings. The van der Waals surface area contributed by atoms with Crippen LogP contribution in [0.5, 0.6) is 0 Å². The van der Waals surface area contributed by atoms with Gasteiger partial charge in [-0.2, -0.15) is 13.2 Å². The predicted molar refractivity (Wildman–Crippen MR) is 81.0 cm³/mol. The lowest BCUT2D eigenvalue weighted by Gasteiger charge is -2.20. The lowest BCUT2D eigenvalue weighted by molar-refractivity contribution is -0.138. The molecule has 5 heteroatoms. The normalized spacial score (nSPS) is 16.4. The SMILES string of the molecule is CCOC(=C1CC1)C(CC(F)(F)F)/N=C(/C)c1ccccc1. The topological polar surface area (TPSA) is 21.6 Å². The summed E-state index contributed by atoms with van der Waals surface area (Å²) in [5.74, 6) is 0.412. The predicted octanol–water partition coefficient (Wildman–Crippen LogP) is 4.90. The van der Waals surface area contributed by atoms with Gasteiger partial charge in [-0.1, -0.05) is 30.3 Å². The summed E-state index contributed by atoms with van der Waals surface area (Å²) in [5.41, 5.74) is 2.38. The molecular weight excluding hydrogens is 291 g/mol. The first kappa shape index (κ1) is 16.6. The molecule has 2 rings (SSSR count). The van der Waals surface area contributed by atoms with E-state index >= 15 is 0 Å². The Kier molecular flexibility index (Phi) is 5.27. The summed E-state index contributed by atoms with van der Waals surface area (Å²) >= 11 is 0. The second-order valence-electron chi connectivity index (χ2n) is 5.32. The molecule has 1 aliphatic carbocycles. The van der Waals surface area contributed by atoms with Crippen LogP contribution in [0, 0.1) is 0 Å². The maximum atomic E-state index is 12.9. The van der Waals surface area contributed by atoms with Crippen molar-refractivity contribution in [3.05, 3.63) is 47.2 Å². The molecule has 0 bridgehead atoms. The fourth-order valence-corrected chi connectivity index (χ4v) is 2.30. The number of ether oxygens (including phenoxy) is 1. The van der Waals surface area contributed by atoms with Gasteiger partial charge in [0, 0.05) is 5.71 Å². The number of allylic oxidation sites excluding steroid dienone is 1. The van der Waals surface area contributed by atoms with Gasteiger partial charge in [0.15, 0.2) is 0 Å². The van der Waals surface area contributed by atoms with Crippen LogP contribution in [0.25, 0.3) is 0 Å². The first-order valence-corrected chi connectivity index (χ1v) is 7.42. The van der Waals surface area contributed by atoms with Gasteiger partial charge in [-0.3, -0.25) is 4.99 Å². The zero-order valence-corrected chi connectivity index (χ0v) is 12.8. The molecule has 22 heavy (non-hydrogen) atoms. The fraction of sp³-hybridized carbons (Fsp3) is 0.471.